The zero-order valence-corrected chi connectivity index (χ0v) is 7.14. The Morgan fingerprint density at radius 2 is 2.00 bits per heavy atom. The number of carbonyl (C=O) groups excluding carboxylic acids is 1. The lowest BCUT2D eigenvalue weighted by atomic mass is 10.1. The van der Waals surface area contributed by atoms with Gasteiger partial charge in [-0.1, -0.05) is 6.58 Å². The Kier molecular flexibility index (Phi) is 3.26. The van der Waals surface area contributed by atoms with E-state index in [4.69, 9.17) is 4.74 Å². The monoisotopic (exact) mass is 157 g/mol. The van der Waals surface area contributed by atoms with Crippen LogP contribution in [-0.4, -0.2) is 18.2 Å². The van der Waals surface area contributed by atoms with E-state index in [0.29, 0.717) is 5.57 Å². The lowest BCUT2D eigenvalue weighted by molar-refractivity contribution is -0.157. The molecule has 0 aromatic rings. The normalized spacial score (nSPS) is 10.9. The van der Waals surface area contributed by atoms with Crippen LogP contribution in [0, 0.1) is 0 Å². The van der Waals surface area contributed by atoms with E-state index in [-0.39, 0.29) is 0 Å². The highest BCUT2D eigenvalue weighted by Crippen LogP contribution is 2.10. The van der Waals surface area contributed by atoms with Gasteiger partial charge in [0.15, 0.2) is 0 Å². The van der Waals surface area contributed by atoms with E-state index >= 15 is 0 Å². The average Bonchev–Trinajstić information content (AvgIpc) is 1.87. The number of hydrogen-bond acceptors (Lipinski definition) is 2. The summed E-state index contributed by atoms with van der Waals surface area (Å²) in [7, 11) is 0. The molecule has 63 valence electrons. The average molecular weight is 157 g/mol. The fourth-order valence-electron chi connectivity index (χ4n) is 0.368. The van der Waals surface area contributed by atoms with E-state index in [1.165, 1.54) is 0 Å². The van der Waals surface area contributed by atoms with Gasteiger partial charge < -0.3 is 4.74 Å². The first-order chi connectivity index (χ1) is 4.89. The SMILES string of the molecule is C=C(C)C(=O)OC(C)(C)C[O]. The van der Waals surface area contributed by atoms with Crippen LogP contribution < -0.4 is 0 Å². The molecular formula is C8H13O3. The molecule has 0 aliphatic heterocycles. The second-order valence-corrected chi connectivity index (χ2v) is 3.07. The number of rotatable bonds is 3. The summed E-state index contributed by atoms with van der Waals surface area (Å²) in [6.45, 7) is 7.64. The van der Waals surface area contributed by atoms with Gasteiger partial charge in [-0.2, -0.15) is 0 Å². The van der Waals surface area contributed by atoms with Crippen LogP contribution in [0.3, 0.4) is 0 Å². The minimum Gasteiger partial charge on any atom is -0.454 e. The highest BCUT2D eigenvalue weighted by molar-refractivity contribution is 5.87. The van der Waals surface area contributed by atoms with Crippen molar-refractivity contribution in [3.8, 4) is 0 Å². The van der Waals surface area contributed by atoms with Gasteiger partial charge in [-0.3, -0.25) is 0 Å². The lowest BCUT2D eigenvalue weighted by Gasteiger charge is -2.21. The summed E-state index contributed by atoms with van der Waals surface area (Å²) >= 11 is 0. The smallest absolute Gasteiger partial charge is 0.333 e. The molecule has 0 amide bonds. The molecule has 3 heteroatoms. The van der Waals surface area contributed by atoms with Crippen LogP contribution in [0.15, 0.2) is 12.2 Å². The third-order valence-electron chi connectivity index (χ3n) is 1.07. The van der Waals surface area contributed by atoms with Crippen LogP contribution in [0.4, 0.5) is 0 Å². The quantitative estimate of drug-likeness (QED) is 0.458. The standard InChI is InChI=1S/C8H13O3/c1-6(2)7(10)11-8(3,4)5-9/h1,5H2,2-4H3. The van der Waals surface area contributed by atoms with E-state index in [0.717, 1.165) is 0 Å². The summed E-state index contributed by atoms with van der Waals surface area (Å²) in [5, 5.41) is 10.4. The van der Waals surface area contributed by atoms with E-state index in [9.17, 15) is 9.90 Å². The molecule has 0 spiro atoms. The zero-order chi connectivity index (χ0) is 9.07. The van der Waals surface area contributed by atoms with Crippen LogP contribution >= 0.6 is 0 Å². The van der Waals surface area contributed by atoms with Crippen LogP contribution in [-0.2, 0) is 14.6 Å². The number of carbonyl (C=O) groups is 1. The summed E-state index contributed by atoms with van der Waals surface area (Å²) < 4.78 is 4.80. The molecule has 0 atom stereocenters. The maximum Gasteiger partial charge on any atom is 0.333 e. The zero-order valence-electron chi connectivity index (χ0n) is 7.14. The second kappa shape index (κ2) is 3.53. The van der Waals surface area contributed by atoms with Gasteiger partial charge in [0, 0.05) is 5.57 Å². The minimum atomic E-state index is -0.921. The van der Waals surface area contributed by atoms with Crippen LogP contribution in [0.1, 0.15) is 20.8 Å². The van der Waals surface area contributed by atoms with Crippen LogP contribution in [0.25, 0.3) is 0 Å². The molecule has 0 aliphatic carbocycles. The topological polar surface area (TPSA) is 46.2 Å². The van der Waals surface area contributed by atoms with Crippen molar-refractivity contribution in [3.05, 3.63) is 12.2 Å². The van der Waals surface area contributed by atoms with Gasteiger partial charge in [0.05, 0.1) is 0 Å². The van der Waals surface area contributed by atoms with Crippen LogP contribution in [0.5, 0.6) is 0 Å². The first kappa shape index (κ1) is 10.2. The van der Waals surface area contributed by atoms with E-state index in [1.54, 1.807) is 20.8 Å². The van der Waals surface area contributed by atoms with Gasteiger partial charge in [-0.25, -0.2) is 9.90 Å². The fraction of sp³-hybridized carbons (Fsp3) is 0.625. The molecule has 3 nitrogen and oxygen atoms in total. The molecule has 0 saturated carbocycles. The molecule has 1 radical (unpaired) electrons. The van der Waals surface area contributed by atoms with Gasteiger partial charge in [-0.15, -0.1) is 0 Å². The Bertz CT molecular complexity index is 170. The van der Waals surface area contributed by atoms with Gasteiger partial charge in [-0.05, 0) is 20.8 Å². The van der Waals surface area contributed by atoms with Gasteiger partial charge in [0.2, 0.25) is 0 Å². The van der Waals surface area contributed by atoms with Gasteiger partial charge >= 0.3 is 5.97 Å². The third-order valence-corrected chi connectivity index (χ3v) is 1.07. The summed E-state index contributed by atoms with van der Waals surface area (Å²) in [5.74, 6) is -0.508. The molecule has 11 heavy (non-hydrogen) atoms. The fourth-order valence-corrected chi connectivity index (χ4v) is 0.368. The highest BCUT2D eigenvalue weighted by atomic mass is 16.6. The minimum absolute atomic E-state index is 0.312. The number of ether oxygens (including phenoxy) is 1. The molecule has 0 aromatic heterocycles. The van der Waals surface area contributed by atoms with E-state index < -0.39 is 18.2 Å². The Hall–Kier alpha value is -0.830. The first-order valence-corrected chi connectivity index (χ1v) is 3.36. The second-order valence-electron chi connectivity index (χ2n) is 3.07. The molecular weight excluding hydrogens is 144 g/mol. The summed E-state index contributed by atoms with van der Waals surface area (Å²) in [6, 6.07) is 0. The van der Waals surface area contributed by atoms with Crippen molar-refractivity contribution in [1.29, 1.82) is 0 Å². The Labute approximate surface area is 66.7 Å². The molecule has 0 rings (SSSR count). The van der Waals surface area contributed by atoms with Crippen molar-refractivity contribution in [2.24, 2.45) is 0 Å². The summed E-state index contributed by atoms with van der Waals surface area (Å²) in [5.41, 5.74) is -0.609. The van der Waals surface area contributed by atoms with Crippen molar-refractivity contribution < 1.29 is 14.6 Å². The van der Waals surface area contributed by atoms with Crippen LogP contribution in [0.2, 0.25) is 0 Å². The molecule has 0 fully saturated rings. The molecule has 0 heterocycles. The van der Waals surface area contributed by atoms with Crippen molar-refractivity contribution >= 4 is 5.97 Å². The Morgan fingerprint density at radius 1 is 1.55 bits per heavy atom. The number of hydrogen-bond donors (Lipinski definition) is 0. The highest BCUT2D eigenvalue weighted by Gasteiger charge is 2.22. The number of esters is 1. The largest absolute Gasteiger partial charge is 0.454 e. The van der Waals surface area contributed by atoms with Gasteiger partial charge in [0.25, 0.3) is 0 Å². The summed E-state index contributed by atoms with van der Waals surface area (Å²) in [6.07, 6.45) is 0. The molecule has 0 aromatic carbocycles. The van der Waals surface area contributed by atoms with Crippen molar-refractivity contribution in [3.63, 3.8) is 0 Å². The maximum absolute atomic E-state index is 10.9. The maximum atomic E-state index is 10.9. The van der Waals surface area contributed by atoms with Crippen molar-refractivity contribution in [2.45, 2.75) is 26.4 Å². The first-order valence-electron chi connectivity index (χ1n) is 3.36. The van der Waals surface area contributed by atoms with E-state index in [2.05, 4.69) is 6.58 Å². The lowest BCUT2D eigenvalue weighted by Crippen LogP contribution is -2.31. The molecule has 0 unspecified atom stereocenters. The molecule has 0 N–H and O–H groups in total. The Balaban J connectivity index is 4.04. The van der Waals surface area contributed by atoms with E-state index in [1.807, 2.05) is 0 Å². The molecule has 0 saturated heterocycles. The van der Waals surface area contributed by atoms with Crippen molar-refractivity contribution in [2.75, 3.05) is 6.61 Å². The predicted molar refractivity (Wildman–Crippen MR) is 40.5 cm³/mol. The van der Waals surface area contributed by atoms with Crippen molar-refractivity contribution in [1.82, 2.24) is 0 Å². The summed E-state index contributed by atoms with van der Waals surface area (Å²) in [4.78, 5) is 10.9. The molecule has 0 bridgehead atoms. The molecule has 0 aliphatic rings. The van der Waals surface area contributed by atoms with Gasteiger partial charge in [0.1, 0.15) is 12.2 Å². The predicted octanol–water partition coefficient (Wildman–Crippen LogP) is 1.31. The Morgan fingerprint density at radius 3 is 2.27 bits per heavy atom. The third kappa shape index (κ3) is 3.78.